The van der Waals surface area contributed by atoms with Crippen molar-refractivity contribution in [2.75, 3.05) is 26.2 Å². The highest BCUT2D eigenvalue weighted by molar-refractivity contribution is 5.73. The van der Waals surface area contributed by atoms with Gasteiger partial charge in [0.15, 0.2) is 0 Å². The molecule has 0 saturated heterocycles. The molecule has 1 rings (SSSR count). The minimum atomic E-state index is -0.681. The van der Waals surface area contributed by atoms with E-state index in [1.807, 2.05) is 0 Å². The number of hydrogen-bond acceptors (Lipinski definition) is 3. The monoisotopic (exact) mass is 270 g/mol. The van der Waals surface area contributed by atoms with Gasteiger partial charge in [-0.1, -0.05) is 33.6 Å². The summed E-state index contributed by atoms with van der Waals surface area (Å²) in [6.07, 6.45) is 4.45. The zero-order valence-electron chi connectivity index (χ0n) is 12.7. The molecule has 1 atom stereocenters. The summed E-state index contributed by atoms with van der Waals surface area (Å²) < 4.78 is 0. The van der Waals surface area contributed by atoms with Crippen molar-refractivity contribution in [1.82, 2.24) is 10.2 Å². The van der Waals surface area contributed by atoms with Crippen molar-refractivity contribution in [1.29, 1.82) is 0 Å². The Balaban J connectivity index is 2.38. The first-order valence-electron chi connectivity index (χ1n) is 7.77. The van der Waals surface area contributed by atoms with Gasteiger partial charge in [-0.15, -0.1) is 0 Å². The van der Waals surface area contributed by atoms with Crippen molar-refractivity contribution in [2.45, 2.75) is 52.5 Å². The molecule has 0 spiro atoms. The van der Waals surface area contributed by atoms with Crippen LogP contribution in [-0.4, -0.2) is 48.2 Å². The molecule has 0 aromatic rings. The molecule has 19 heavy (non-hydrogen) atoms. The predicted molar refractivity (Wildman–Crippen MR) is 78.3 cm³/mol. The minimum Gasteiger partial charge on any atom is -0.480 e. The molecule has 1 fully saturated rings. The van der Waals surface area contributed by atoms with Gasteiger partial charge in [0.2, 0.25) is 0 Å². The first-order chi connectivity index (χ1) is 9.08. The van der Waals surface area contributed by atoms with E-state index >= 15 is 0 Å². The lowest BCUT2D eigenvalue weighted by Gasteiger charge is -2.31. The van der Waals surface area contributed by atoms with Crippen LogP contribution in [0.25, 0.3) is 0 Å². The first kappa shape index (κ1) is 16.4. The molecule has 0 radical (unpaired) electrons. The molecular formula is C15H30N2O2. The summed E-state index contributed by atoms with van der Waals surface area (Å²) in [6, 6.07) is -0.358. The molecule has 0 bridgehead atoms. The van der Waals surface area contributed by atoms with Crippen molar-refractivity contribution >= 4 is 5.97 Å². The average Bonchev–Trinajstić information content (AvgIpc) is 2.40. The molecule has 1 unspecified atom stereocenters. The number of likely N-dealkylation sites (N-methyl/N-ethyl adjacent to an activating group) is 1. The van der Waals surface area contributed by atoms with Gasteiger partial charge in [0.25, 0.3) is 0 Å². The number of carboxylic acid groups (broad SMARTS) is 1. The van der Waals surface area contributed by atoms with Crippen molar-refractivity contribution in [2.24, 2.45) is 11.8 Å². The van der Waals surface area contributed by atoms with E-state index in [1.165, 1.54) is 12.8 Å². The van der Waals surface area contributed by atoms with E-state index in [-0.39, 0.29) is 6.04 Å². The topological polar surface area (TPSA) is 52.6 Å². The van der Waals surface area contributed by atoms with Crippen LogP contribution in [-0.2, 0) is 4.79 Å². The minimum absolute atomic E-state index is 0.311. The van der Waals surface area contributed by atoms with E-state index < -0.39 is 5.97 Å². The highest BCUT2D eigenvalue weighted by atomic mass is 16.4. The van der Waals surface area contributed by atoms with Crippen LogP contribution in [0, 0.1) is 11.8 Å². The molecule has 4 nitrogen and oxygen atoms in total. The Morgan fingerprint density at radius 1 is 1.26 bits per heavy atom. The van der Waals surface area contributed by atoms with E-state index in [2.05, 4.69) is 31.0 Å². The number of nitrogens with zero attached hydrogens (tertiary/aromatic N) is 1. The smallest absolute Gasteiger partial charge is 0.320 e. The molecule has 1 aliphatic carbocycles. The summed E-state index contributed by atoms with van der Waals surface area (Å²) in [7, 11) is 0. The van der Waals surface area contributed by atoms with Crippen LogP contribution in [0.5, 0.6) is 0 Å². The Kier molecular flexibility index (Phi) is 7.39. The second kappa shape index (κ2) is 8.54. The Labute approximate surface area is 117 Å². The maximum absolute atomic E-state index is 11.4. The van der Waals surface area contributed by atoms with Crippen LogP contribution in [0.4, 0.5) is 0 Å². The van der Waals surface area contributed by atoms with E-state index in [0.29, 0.717) is 5.92 Å². The molecular weight excluding hydrogens is 240 g/mol. The second-order valence-electron chi connectivity index (χ2n) is 5.82. The Morgan fingerprint density at radius 2 is 1.84 bits per heavy atom. The molecule has 1 aliphatic rings. The van der Waals surface area contributed by atoms with E-state index in [1.54, 1.807) is 0 Å². The summed E-state index contributed by atoms with van der Waals surface area (Å²) in [5.74, 6) is 0.394. The molecule has 1 saturated carbocycles. The molecule has 0 aliphatic heterocycles. The van der Waals surface area contributed by atoms with Gasteiger partial charge in [-0.05, 0) is 37.8 Å². The third kappa shape index (κ3) is 5.49. The van der Waals surface area contributed by atoms with Gasteiger partial charge in [0.1, 0.15) is 6.04 Å². The maximum Gasteiger partial charge on any atom is 0.320 e. The summed E-state index contributed by atoms with van der Waals surface area (Å²) >= 11 is 0. The second-order valence-corrected chi connectivity index (χ2v) is 5.82. The standard InChI is InChI=1S/C15H30N2O2/c1-4-17(5-2)11-10-16-14(15(18)19)13-8-6-12(3)7-9-13/h12-14,16H,4-11H2,1-3H3,(H,18,19). The van der Waals surface area contributed by atoms with Crippen LogP contribution < -0.4 is 5.32 Å². The number of carboxylic acids is 1. The van der Waals surface area contributed by atoms with Crippen LogP contribution in [0.2, 0.25) is 0 Å². The normalized spacial score (nSPS) is 25.5. The van der Waals surface area contributed by atoms with Crippen molar-refractivity contribution in [3.8, 4) is 0 Å². The number of hydrogen-bond donors (Lipinski definition) is 2. The zero-order chi connectivity index (χ0) is 14.3. The van der Waals surface area contributed by atoms with E-state index in [0.717, 1.165) is 44.9 Å². The number of nitrogens with one attached hydrogen (secondary N) is 1. The molecule has 2 N–H and O–H groups in total. The lowest BCUT2D eigenvalue weighted by molar-refractivity contribution is -0.141. The zero-order valence-corrected chi connectivity index (χ0v) is 12.7. The highest BCUT2D eigenvalue weighted by Gasteiger charge is 2.30. The Morgan fingerprint density at radius 3 is 2.32 bits per heavy atom. The van der Waals surface area contributed by atoms with Gasteiger partial charge in [-0.2, -0.15) is 0 Å². The summed E-state index contributed by atoms with van der Waals surface area (Å²) in [4.78, 5) is 13.7. The van der Waals surface area contributed by atoms with Gasteiger partial charge in [-0.3, -0.25) is 4.79 Å². The van der Waals surface area contributed by atoms with Crippen molar-refractivity contribution < 1.29 is 9.90 Å². The largest absolute Gasteiger partial charge is 0.480 e. The van der Waals surface area contributed by atoms with Crippen LogP contribution in [0.3, 0.4) is 0 Å². The average molecular weight is 270 g/mol. The van der Waals surface area contributed by atoms with E-state index in [4.69, 9.17) is 0 Å². The fraction of sp³-hybridized carbons (Fsp3) is 0.933. The van der Waals surface area contributed by atoms with Gasteiger partial charge in [-0.25, -0.2) is 0 Å². The Bertz CT molecular complexity index is 259. The molecule has 0 heterocycles. The third-order valence-electron chi connectivity index (χ3n) is 4.48. The fourth-order valence-electron chi connectivity index (χ4n) is 2.99. The van der Waals surface area contributed by atoms with Crippen LogP contribution in [0.1, 0.15) is 46.5 Å². The van der Waals surface area contributed by atoms with Gasteiger partial charge >= 0.3 is 5.97 Å². The maximum atomic E-state index is 11.4. The lowest BCUT2D eigenvalue weighted by atomic mass is 9.79. The Hall–Kier alpha value is -0.610. The molecule has 4 heteroatoms. The lowest BCUT2D eigenvalue weighted by Crippen LogP contribution is -2.46. The summed E-state index contributed by atoms with van der Waals surface area (Å²) in [5.41, 5.74) is 0. The first-order valence-corrected chi connectivity index (χ1v) is 7.77. The van der Waals surface area contributed by atoms with Crippen molar-refractivity contribution in [3.05, 3.63) is 0 Å². The van der Waals surface area contributed by atoms with Crippen LogP contribution in [0.15, 0.2) is 0 Å². The highest BCUT2D eigenvalue weighted by Crippen LogP contribution is 2.30. The fourth-order valence-corrected chi connectivity index (χ4v) is 2.99. The van der Waals surface area contributed by atoms with Gasteiger partial charge in [0.05, 0.1) is 0 Å². The predicted octanol–water partition coefficient (Wildman–Crippen LogP) is 2.20. The molecule has 0 aromatic heterocycles. The van der Waals surface area contributed by atoms with Crippen molar-refractivity contribution in [3.63, 3.8) is 0 Å². The molecule has 0 aromatic carbocycles. The SMILES string of the molecule is CCN(CC)CCNC(C(=O)O)C1CCC(C)CC1. The summed E-state index contributed by atoms with van der Waals surface area (Å²) in [6.45, 7) is 10.3. The number of aliphatic carboxylic acids is 1. The molecule has 112 valence electrons. The van der Waals surface area contributed by atoms with E-state index in [9.17, 15) is 9.90 Å². The van der Waals surface area contributed by atoms with Gasteiger partial charge in [0, 0.05) is 13.1 Å². The quantitative estimate of drug-likeness (QED) is 0.710. The molecule has 0 amide bonds. The number of carbonyl (C=O) groups is 1. The third-order valence-corrected chi connectivity index (χ3v) is 4.48. The number of rotatable bonds is 8. The van der Waals surface area contributed by atoms with Crippen LogP contribution >= 0.6 is 0 Å². The van der Waals surface area contributed by atoms with Gasteiger partial charge < -0.3 is 15.3 Å². The summed E-state index contributed by atoms with van der Waals surface area (Å²) in [5, 5.41) is 12.7.